The van der Waals surface area contributed by atoms with Crippen molar-refractivity contribution in [3.8, 4) is 5.75 Å². The Morgan fingerprint density at radius 1 is 1.25 bits per heavy atom. The lowest BCUT2D eigenvalue weighted by Gasteiger charge is -2.03. The SMILES string of the molecule is O=C(Oc1cccnc1)c1cccc(F)c1. The molecule has 0 N–H and O–H groups in total. The van der Waals surface area contributed by atoms with Crippen molar-refractivity contribution < 1.29 is 13.9 Å². The third kappa shape index (κ3) is 2.42. The summed E-state index contributed by atoms with van der Waals surface area (Å²) in [6.07, 6.45) is 2.98. The van der Waals surface area contributed by atoms with Gasteiger partial charge < -0.3 is 4.74 Å². The van der Waals surface area contributed by atoms with E-state index in [4.69, 9.17) is 4.74 Å². The summed E-state index contributed by atoms with van der Waals surface area (Å²) in [7, 11) is 0. The number of esters is 1. The topological polar surface area (TPSA) is 39.2 Å². The van der Waals surface area contributed by atoms with Crippen molar-refractivity contribution >= 4 is 5.97 Å². The zero-order valence-electron chi connectivity index (χ0n) is 8.26. The summed E-state index contributed by atoms with van der Waals surface area (Å²) >= 11 is 0. The number of hydrogen-bond acceptors (Lipinski definition) is 3. The summed E-state index contributed by atoms with van der Waals surface area (Å²) in [4.78, 5) is 15.3. The molecule has 1 aromatic heterocycles. The van der Waals surface area contributed by atoms with E-state index in [9.17, 15) is 9.18 Å². The molecule has 2 rings (SSSR count). The fourth-order valence-corrected chi connectivity index (χ4v) is 1.19. The van der Waals surface area contributed by atoms with Gasteiger partial charge >= 0.3 is 5.97 Å². The summed E-state index contributed by atoms with van der Waals surface area (Å²) in [5.41, 5.74) is 0.170. The van der Waals surface area contributed by atoms with Crippen molar-refractivity contribution in [1.29, 1.82) is 0 Å². The molecule has 16 heavy (non-hydrogen) atoms. The van der Waals surface area contributed by atoms with Gasteiger partial charge in [-0.25, -0.2) is 9.18 Å². The molecule has 0 aliphatic carbocycles. The number of carbonyl (C=O) groups is 1. The average Bonchev–Trinajstić information content (AvgIpc) is 2.30. The van der Waals surface area contributed by atoms with Gasteiger partial charge in [-0.3, -0.25) is 4.98 Å². The van der Waals surface area contributed by atoms with Crippen molar-refractivity contribution in [2.24, 2.45) is 0 Å². The summed E-state index contributed by atoms with van der Waals surface area (Å²) in [6, 6.07) is 8.58. The van der Waals surface area contributed by atoms with Gasteiger partial charge in [0.05, 0.1) is 11.8 Å². The number of benzene rings is 1. The minimum absolute atomic E-state index is 0.170. The van der Waals surface area contributed by atoms with E-state index in [2.05, 4.69) is 4.98 Å². The zero-order chi connectivity index (χ0) is 11.4. The van der Waals surface area contributed by atoms with Gasteiger partial charge in [-0.15, -0.1) is 0 Å². The van der Waals surface area contributed by atoms with Crippen LogP contribution < -0.4 is 4.74 Å². The number of rotatable bonds is 2. The van der Waals surface area contributed by atoms with Crippen LogP contribution >= 0.6 is 0 Å². The molecule has 0 bridgehead atoms. The van der Waals surface area contributed by atoms with Crippen LogP contribution in [-0.4, -0.2) is 11.0 Å². The maximum absolute atomic E-state index is 12.8. The van der Waals surface area contributed by atoms with Crippen LogP contribution in [0, 0.1) is 5.82 Å². The van der Waals surface area contributed by atoms with E-state index in [0.717, 1.165) is 6.07 Å². The summed E-state index contributed by atoms with van der Waals surface area (Å²) in [6.45, 7) is 0. The quantitative estimate of drug-likeness (QED) is 0.725. The second kappa shape index (κ2) is 4.53. The lowest BCUT2D eigenvalue weighted by atomic mass is 10.2. The molecule has 0 aliphatic rings. The molecule has 1 aromatic carbocycles. The number of pyridine rings is 1. The molecule has 0 unspecified atom stereocenters. The summed E-state index contributed by atoms with van der Waals surface area (Å²) in [5.74, 6) is -0.745. The highest BCUT2D eigenvalue weighted by Crippen LogP contribution is 2.11. The van der Waals surface area contributed by atoms with Crippen LogP contribution in [0.3, 0.4) is 0 Å². The van der Waals surface area contributed by atoms with Crippen LogP contribution in [-0.2, 0) is 0 Å². The minimum atomic E-state index is -0.604. The van der Waals surface area contributed by atoms with Crippen molar-refractivity contribution in [2.75, 3.05) is 0 Å². The number of aromatic nitrogens is 1. The number of carbonyl (C=O) groups excluding carboxylic acids is 1. The molecule has 0 saturated carbocycles. The third-order valence-electron chi connectivity index (χ3n) is 1.91. The van der Waals surface area contributed by atoms with Gasteiger partial charge in [-0.05, 0) is 30.3 Å². The molecule has 0 spiro atoms. The van der Waals surface area contributed by atoms with E-state index in [0.29, 0.717) is 5.75 Å². The maximum atomic E-state index is 12.8. The Morgan fingerprint density at radius 2 is 2.12 bits per heavy atom. The molecule has 1 heterocycles. The molecule has 0 atom stereocenters. The predicted molar refractivity (Wildman–Crippen MR) is 55.6 cm³/mol. The minimum Gasteiger partial charge on any atom is -0.421 e. The van der Waals surface area contributed by atoms with E-state index in [1.807, 2.05) is 0 Å². The molecule has 3 nitrogen and oxygen atoms in total. The average molecular weight is 217 g/mol. The lowest BCUT2D eigenvalue weighted by Crippen LogP contribution is -2.08. The highest BCUT2D eigenvalue weighted by Gasteiger charge is 2.08. The summed E-state index contributed by atoms with van der Waals surface area (Å²) < 4.78 is 17.8. The Labute approximate surface area is 91.5 Å². The standard InChI is InChI=1S/C12H8FNO2/c13-10-4-1-3-9(7-10)12(15)16-11-5-2-6-14-8-11/h1-8H. The van der Waals surface area contributed by atoms with Crippen LogP contribution in [0.1, 0.15) is 10.4 Å². The Balaban J connectivity index is 2.15. The van der Waals surface area contributed by atoms with Crippen LogP contribution in [0.15, 0.2) is 48.8 Å². The van der Waals surface area contributed by atoms with E-state index in [1.165, 1.54) is 24.4 Å². The van der Waals surface area contributed by atoms with Crippen molar-refractivity contribution in [1.82, 2.24) is 4.98 Å². The first-order chi connectivity index (χ1) is 7.75. The fourth-order valence-electron chi connectivity index (χ4n) is 1.19. The highest BCUT2D eigenvalue weighted by atomic mass is 19.1. The molecule has 2 aromatic rings. The van der Waals surface area contributed by atoms with Gasteiger partial charge in [-0.1, -0.05) is 6.07 Å². The first-order valence-electron chi connectivity index (χ1n) is 4.63. The van der Waals surface area contributed by atoms with Crippen LogP contribution in [0.25, 0.3) is 0 Å². The number of hydrogen-bond donors (Lipinski definition) is 0. The monoisotopic (exact) mass is 217 g/mol. The normalized spacial score (nSPS) is 9.81. The first-order valence-corrected chi connectivity index (χ1v) is 4.63. The summed E-state index contributed by atoms with van der Waals surface area (Å²) in [5, 5.41) is 0. The molecule has 0 fully saturated rings. The second-order valence-electron chi connectivity index (χ2n) is 3.09. The van der Waals surface area contributed by atoms with Gasteiger partial charge in [0.2, 0.25) is 0 Å². The van der Waals surface area contributed by atoms with Crippen molar-refractivity contribution in [2.45, 2.75) is 0 Å². The Kier molecular flexibility index (Phi) is 2.91. The van der Waals surface area contributed by atoms with Gasteiger partial charge in [0, 0.05) is 6.20 Å². The molecular formula is C12H8FNO2. The predicted octanol–water partition coefficient (Wildman–Crippen LogP) is 2.44. The lowest BCUT2D eigenvalue weighted by molar-refractivity contribution is 0.0733. The molecule has 0 radical (unpaired) electrons. The molecule has 0 aliphatic heterocycles. The number of nitrogens with zero attached hydrogens (tertiary/aromatic N) is 1. The van der Waals surface area contributed by atoms with Gasteiger partial charge in [-0.2, -0.15) is 0 Å². The van der Waals surface area contributed by atoms with Crippen molar-refractivity contribution in [3.05, 3.63) is 60.2 Å². The van der Waals surface area contributed by atoms with E-state index in [-0.39, 0.29) is 5.56 Å². The van der Waals surface area contributed by atoms with Gasteiger partial charge in [0.1, 0.15) is 11.6 Å². The van der Waals surface area contributed by atoms with E-state index >= 15 is 0 Å². The molecule has 0 saturated heterocycles. The molecule has 0 amide bonds. The Hall–Kier alpha value is -2.23. The van der Waals surface area contributed by atoms with Crippen LogP contribution in [0.4, 0.5) is 4.39 Å². The van der Waals surface area contributed by atoms with E-state index in [1.54, 1.807) is 18.3 Å². The van der Waals surface area contributed by atoms with Gasteiger partial charge in [0.25, 0.3) is 0 Å². The van der Waals surface area contributed by atoms with Gasteiger partial charge in [0.15, 0.2) is 0 Å². The molecule has 80 valence electrons. The number of halogens is 1. The fraction of sp³-hybridized carbons (Fsp3) is 0. The highest BCUT2D eigenvalue weighted by molar-refractivity contribution is 5.90. The first kappa shape index (κ1) is 10.3. The maximum Gasteiger partial charge on any atom is 0.343 e. The van der Waals surface area contributed by atoms with Crippen molar-refractivity contribution in [3.63, 3.8) is 0 Å². The Morgan fingerprint density at radius 3 is 2.81 bits per heavy atom. The smallest absolute Gasteiger partial charge is 0.343 e. The molecular weight excluding hydrogens is 209 g/mol. The van der Waals surface area contributed by atoms with E-state index < -0.39 is 11.8 Å². The second-order valence-corrected chi connectivity index (χ2v) is 3.09. The van der Waals surface area contributed by atoms with Crippen LogP contribution in [0.5, 0.6) is 5.75 Å². The molecule has 4 heteroatoms. The largest absolute Gasteiger partial charge is 0.421 e. The number of ether oxygens (including phenoxy) is 1. The third-order valence-corrected chi connectivity index (χ3v) is 1.91. The zero-order valence-corrected chi connectivity index (χ0v) is 8.26. The Bertz CT molecular complexity index is 499. The van der Waals surface area contributed by atoms with Crippen LogP contribution in [0.2, 0.25) is 0 Å².